The minimum Gasteiger partial charge on any atom is -0.494 e. The van der Waals surface area contributed by atoms with Crippen LogP contribution < -0.4 is 4.74 Å². The molecule has 1 aliphatic carbocycles. The molecule has 0 spiro atoms. The van der Waals surface area contributed by atoms with Crippen LogP contribution in [0.5, 0.6) is 5.75 Å². The Morgan fingerprint density at radius 1 is 0.757 bits per heavy atom. The second kappa shape index (κ2) is 20.5. The average Bonchev–Trinajstić information content (AvgIpc) is 2.91. The largest absolute Gasteiger partial charge is 0.494 e. The van der Waals surface area contributed by atoms with Gasteiger partial charge in [-0.25, -0.2) is 4.79 Å². The zero-order chi connectivity index (χ0) is 26.6. The molecule has 1 aromatic rings. The Morgan fingerprint density at radius 2 is 1.30 bits per heavy atom. The maximum atomic E-state index is 12.4. The van der Waals surface area contributed by atoms with Crippen LogP contribution in [-0.4, -0.2) is 18.7 Å². The molecule has 1 fully saturated rings. The van der Waals surface area contributed by atoms with Crippen molar-refractivity contribution in [1.29, 1.82) is 0 Å². The van der Waals surface area contributed by atoms with Crippen molar-refractivity contribution in [2.45, 2.75) is 155 Å². The van der Waals surface area contributed by atoms with Gasteiger partial charge in [-0.2, -0.15) is 0 Å². The summed E-state index contributed by atoms with van der Waals surface area (Å²) in [6, 6.07) is 7.49. The highest BCUT2D eigenvalue weighted by Crippen LogP contribution is 2.36. The van der Waals surface area contributed by atoms with Gasteiger partial charge in [0.1, 0.15) is 5.75 Å². The SMILES string of the molecule is CCCCCCCCCCC1CCCCC1CCCOc1ccc(C(=O)OC(C)CCCCCC)cc1. The van der Waals surface area contributed by atoms with Crippen LogP contribution >= 0.6 is 0 Å². The first-order valence-electron chi connectivity index (χ1n) is 16.1. The standard InChI is InChI=1S/C34H58O3/c1-4-6-8-10-11-12-13-15-20-30-21-16-17-22-31(30)23-18-28-36-33-26-24-32(25-27-33)34(35)37-29(3)19-14-9-7-5-2/h24-27,29-31H,4-23,28H2,1-3H3. The summed E-state index contributed by atoms with van der Waals surface area (Å²) < 4.78 is 11.6. The lowest BCUT2D eigenvalue weighted by Gasteiger charge is -2.32. The van der Waals surface area contributed by atoms with Crippen LogP contribution in [0.3, 0.4) is 0 Å². The molecule has 0 saturated heterocycles. The van der Waals surface area contributed by atoms with Gasteiger partial charge in [-0.15, -0.1) is 0 Å². The van der Waals surface area contributed by atoms with Gasteiger partial charge < -0.3 is 9.47 Å². The fourth-order valence-electron chi connectivity index (χ4n) is 5.98. The molecule has 3 atom stereocenters. The van der Waals surface area contributed by atoms with E-state index in [0.29, 0.717) is 5.56 Å². The van der Waals surface area contributed by atoms with E-state index >= 15 is 0 Å². The molecule has 0 heterocycles. The molecule has 2 rings (SSSR count). The lowest BCUT2D eigenvalue weighted by atomic mass is 9.74. The first-order valence-corrected chi connectivity index (χ1v) is 16.1. The van der Waals surface area contributed by atoms with Crippen molar-refractivity contribution in [3.8, 4) is 5.75 Å². The molecule has 0 radical (unpaired) electrons. The summed E-state index contributed by atoms with van der Waals surface area (Å²) in [4.78, 5) is 12.4. The summed E-state index contributed by atoms with van der Waals surface area (Å²) >= 11 is 0. The quantitative estimate of drug-likeness (QED) is 0.121. The van der Waals surface area contributed by atoms with E-state index in [0.717, 1.165) is 43.5 Å². The van der Waals surface area contributed by atoms with Gasteiger partial charge in [0.15, 0.2) is 0 Å². The fraction of sp³-hybridized carbons (Fsp3) is 0.794. The van der Waals surface area contributed by atoms with Gasteiger partial charge in [0.2, 0.25) is 0 Å². The molecule has 1 saturated carbocycles. The van der Waals surface area contributed by atoms with Gasteiger partial charge in [0.25, 0.3) is 0 Å². The Labute approximate surface area is 229 Å². The zero-order valence-electron chi connectivity index (χ0n) is 24.6. The van der Waals surface area contributed by atoms with Crippen LogP contribution in [0.25, 0.3) is 0 Å². The number of carbonyl (C=O) groups is 1. The van der Waals surface area contributed by atoms with Gasteiger partial charge in [-0.05, 0) is 68.7 Å². The lowest BCUT2D eigenvalue weighted by Crippen LogP contribution is -2.20. The highest BCUT2D eigenvalue weighted by atomic mass is 16.5. The summed E-state index contributed by atoms with van der Waals surface area (Å²) in [7, 11) is 0. The van der Waals surface area contributed by atoms with E-state index in [-0.39, 0.29) is 12.1 Å². The highest BCUT2D eigenvalue weighted by Gasteiger charge is 2.24. The van der Waals surface area contributed by atoms with Crippen molar-refractivity contribution in [1.82, 2.24) is 0 Å². The Morgan fingerprint density at radius 3 is 1.92 bits per heavy atom. The molecule has 0 aliphatic heterocycles. The van der Waals surface area contributed by atoms with Crippen molar-refractivity contribution in [2.24, 2.45) is 11.8 Å². The minimum absolute atomic E-state index is 0.0283. The predicted octanol–water partition coefficient (Wildman–Crippen LogP) is 10.7. The van der Waals surface area contributed by atoms with Crippen molar-refractivity contribution in [3.63, 3.8) is 0 Å². The second-order valence-electron chi connectivity index (χ2n) is 11.6. The lowest BCUT2D eigenvalue weighted by molar-refractivity contribution is 0.0319. The predicted molar refractivity (Wildman–Crippen MR) is 157 cm³/mol. The normalized spacial score (nSPS) is 18.5. The third kappa shape index (κ3) is 14.3. The molecule has 212 valence electrons. The molecule has 0 N–H and O–H groups in total. The van der Waals surface area contributed by atoms with E-state index in [1.54, 1.807) is 0 Å². The molecular formula is C34H58O3. The van der Waals surface area contributed by atoms with Gasteiger partial charge >= 0.3 is 5.97 Å². The number of ether oxygens (including phenoxy) is 2. The maximum absolute atomic E-state index is 12.4. The van der Waals surface area contributed by atoms with E-state index in [9.17, 15) is 4.79 Å². The van der Waals surface area contributed by atoms with Crippen LogP contribution in [0.4, 0.5) is 0 Å². The number of benzene rings is 1. The topological polar surface area (TPSA) is 35.5 Å². The molecule has 3 nitrogen and oxygen atoms in total. The number of hydrogen-bond acceptors (Lipinski definition) is 3. The highest BCUT2D eigenvalue weighted by molar-refractivity contribution is 5.89. The third-order valence-electron chi connectivity index (χ3n) is 8.35. The third-order valence-corrected chi connectivity index (χ3v) is 8.35. The van der Waals surface area contributed by atoms with Crippen LogP contribution in [0, 0.1) is 11.8 Å². The van der Waals surface area contributed by atoms with Gasteiger partial charge in [0.05, 0.1) is 18.3 Å². The van der Waals surface area contributed by atoms with E-state index in [1.807, 2.05) is 31.2 Å². The Kier molecular flexibility index (Phi) is 17.5. The van der Waals surface area contributed by atoms with Crippen LogP contribution in [0.1, 0.15) is 160 Å². The molecule has 3 heteroatoms. The molecule has 0 bridgehead atoms. The smallest absolute Gasteiger partial charge is 0.338 e. The molecule has 37 heavy (non-hydrogen) atoms. The molecule has 0 amide bonds. The maximum Gasteiger partial charge on any atom is 0.338 e. The van der Waals surface area contributed by atoms with Crippen LogP contribution in [0.2, 0.25) is 0 Å². The monoisotopic (exact) mass is 514 g/mol. The zero-order valence-corrected chi connectivity index (χ0v) is 24.6. The van der Waals surface area contributed by atoms with Gasteiger partial charge in [0, 0.05) is 0 Å². The van der Waals surface area contributed by atoms with E-state index < -0.39 is 0 Å². The minimum atomic E-state index is -0.227. The van der Waals surface area contributed by atoms with Gasteiger partial charge in [-0.3, -0.25) is 0 Å². The Balaban J connectivity index is 1.60. The summed E-state index contributed by atoms with van der Waals surface area (Å²) in [6.45, 7) is 7.26. The molecule has 0 aromatic heterocycles. The fourth-order valence-corrected chi connectivity index (χ4v) is 5.98. The number of carbonyl (C=O) groups excluding carboxylic acids is 1. The van der Waals surface area contributed by atoms with Crippen LogP contribution in [-0.2, 0) is 4.74 Å². The summed E-state index contributed by atoms with van der Waals surface area (Å²) in [5.74, 6) is 2.45. The van der Waals surface area contributed by atoms with E-state index in [2.05, 4.69) is 13.8 Å². The van der Waals surface area contributed by atoms with Crippen LogP contribution in [0.15, 0.2) is 24.3 Å². The first-order chi connectivity index (χ1) is 18.1. The molecule has 1 aromatic carbocycles. The number of hydrogen-bond donors (Lipinski definition) is 0. The Hall–Kier alpha value is -1.51. The Bertz CT molecular complexity index is 683. The van der Waals surface area contributed by atoms with E-state index in [1.165, 1.54) is 109 Å². The average molecular weight is 515 g/mol. The summed E-state index contributed by atoms with van der Waals surface area (Å²) in [6.07, 6.45) is 26.6. The summed E-state index contributed by atoms with van der Waals surface area (Å²) in [5.41, 5.74) is 0.610. The summed E-state index contributed by atoms with van der Waals surface area (Å²) in [5, 5.41) is 0. The van der Waals surface area contributed by atoms with E-state index in [4.69, 9.17) is 9.47 Å². The molecule has 3 unspecified atom stereocenters. The number of rotatable bonds is 21. The van der Waals surface area contributed by atoms with Gasteiger partial charge in [-0.1, -0.05) is 117 Å². The second-order valence-corrected chi connectivity index (χ2v) is 11.6. The molecule has 1 aliphatic rings. The van der Waals surface area contributed by atoms with Crippen molar-refractivity contribution < 1.29 is 14.3 Å². The van der Waals surface area contributed by atoms with Crippen molar-refractivity contribution in [3.05, 3.63) is 29.8 Å². The number of esters is 1. The number of unbranched alkanes of at least 4 members (excludes halogenated alkanes) is 10. The van der Waals surface area contributed by atoms with Crippen molar-refractivity contribution >= 4 is 5.97 Å². The van der Waals surface area contributed by atoms with Crippen molar-refractivity contribution in [2.75, 3.05) is 6.61 Å². The molecular weight excluding hydrogens is 456 g/mol. The first kappa shape index (κ1) is 31.7.